The molecular formula is C32H34O11P+. The second kappa shape index (κ2) is 14.4. The summed E-state index contributed by atoms with van der Waals surface area (Å²) in [5.41, 5.74) is 0. The van der Waals surface area contributed by atoms with Gasteiger partial charge in [-0.25, -0.2) is 0 Å². The molecule has 1 heterocycles. The Bertz CT molecular complexity index is 1410. The lowest BCUT2D eigenvalue weighted by molar-refractivity contribution is -0.287. The summed E-state index contributed by atoms with van der Waals surface area (Å²) >= 11 is 0. The van der Waals surface area contributed by atoms with Gasteiger partial charge in [-0.2, -0.15) is 4.52 Å². The summed E-state index contributed by atoms with van der Waals surface area (Å²) in [6, 6.07) is 25.2. The Kier molecular flexibility index (Phi) is 10.7. The van der Waals surface area contributed by atoms with Gasteiger partial charge in [0.05, 0.1) is 0 Å². The van der Waals surface area contributed by atoms with Crippen molar-refractivity contribution in [2.24, 2.45) is 0 Å². The van der Waals surface area contributed by atoms with Crippen LogP contribution in [0.25, 0.3) is 0 Å². The third kappa shape index (κ3) is 7.60. The molecule has 0 aliphatic carbocycles. The molecule has 3 aromatic carbocycles. The van der Waals surface area contributed by atoms with Gasteiger partial charge in [-0.15, -0.1) is 0 Å². The van der Waals surface area contributed by atoms with Crippen molar-refractivity contribution in [1.82, 2.24) is 0 Å². The van der Waals surface area contributed by atoms with Gasteiger partial charge in [-0.1, -0.05) is 36.4 Å². The normalized spacial score (nSPS) is 21.5. The first-order valence-corrected chi connectivity index (χ1v) is 15.5. The number of phenols is 1. The van der Waals surface area contributed by atoms with Crippen LogP contribution in [-0.4, -0.2) is 66.3 Å². The molecule has 12 heteroatoms. The molecule has 0 bridgehead atoms. The highest BCUT2D eigenvalue weighted by Crippen LogP contribution is 2.58. The minimum absolute atomic E-state index is 0.0419. The second-order valence-electron chi connectivity index (χ2n) is 9.97. The van der Waals surface area contributed by atoms with Crippen molar-refractivity contribution < 1.29 is 52.5 Å². The second-order valence-corrected chi connectivity index (χ2v) is 12.9. The third-order valence-corrected chi connectivity index (χ3v) is 10.3. The molecule has 0 radical (unpaired) electrons. The number of hydrogen-bond acceptors (Lipinski definition) is 11. The number of phenolic OH excluding ortho intramolecular Hbond substituents is 1. The topological polar surface area (TPSA) is 144 Å². The first-order chi connectivity index (χ1) is 21.0. The van der Waals surface area contributed by atoms with E-state index in [0.717, 1.165) is 24.5 Å². The summed E-state index contributed by atoms with van der Waals surface area (Å²) in [6.07, 6.45) is -6.75. The Morgan fingerprint density at radius 3 is 1.57 bits per heavy atom. The van der Waals surface area contributed by atoms with Crippen LogP contribution in [-0.2, 0) is 47.4 Å². The lowest BCUT2D eigenvalue weighted by Crippen LogP contribution is -2.63. The maximum absolute atomic E-state index is 12.5. The van der Waals surface area contributed by atoms with Gasteiger partial charge in [0, 0.05) is 27.7 Å². The van der Waals surface area contributed by atoms with Crippen LogP contribution in [0.5, 0.6) is 5.75 Å². The van der Waals surface area contributed by atoms with E-state index in [4.69, 9.17) is 28.2 Å². The molecule has 4 rings (SSSR count). The Morgan fingerprint density at radius 2 is 1.09 bits per heavy atom. The lowest BCUT2D eigenvalue weighted by atomic mass is 9.98. The number of hydrogen-bond donors (Lipinski definition) is 1. The van der Waals surface area contributed by atoms with E-state index >= 15 is 0 Å². The van der Waals surface area contributed by atoms with Crippen LogP contribution in [0, 0.1) is 0 Å². The van der Waals surface area contributed by atoms with E-state index in [2.05, 4.69) is 0 Å². The quantitative estimate of drug-likeness (QED) is 0.202. The smallest absolute Gasteiger partial charge is 0.303 e. The van der Waals surface area contributed by atoms with Crippen molar-refractivity contribution >= 4 is 47.3 Å². The van der Waals surface area contributed by atoms with Gasteiger partial charge >= 0.3 is 23.9 Å². The van der Waals surface area contributed by atoms with Gasteiger partial charge in [0.2, 0.25) is 13.8 Å². The van der Waals surface area contributed by atoms with E-state index in [1.54, 1.807) is 12.1 Å². The number of esters is 4. The summed E-state index contributed by atoms with van der Waals surface area (Å²) in [7, 11) is -3.18. The van der Waals surface area contributed by atoms with Crippen LogP contribution in [0.2, 0.25) is 0 Å². The fourth-order valence-electron chi connectivity index (χ4n) is 5.00. The summed E-state index contributed by atoms with van der Waals surface area (Å²) in [5.74, 6) is -2.80. The predicted octanol–water partition coefficient (Wildman–Crippen LogP) is 2.70. The molecule has 1 aliphatic heterocycles. The van der Waals surface area contributed by atoms with Crippen LogP contribution in [0.1, 0.15) is 27.7 Å². The fraction of sp³-hybridized carbons (Fsp3) is 0.312. The Hall–Kier alpha value is -4.31. The lowest BCUT2D eigenvalue weighted by Gasteiger charge is -2.44. The first-order valence-electron chi connectivity index (χ1n) is 13.8. The zero-order chi connectivity index (χ0) is 31.9. The molecule has 1 N–H and O–H groups in total. The van der Waals surface area contributed by atoms with E-state index in [0.29, 0.717) is 5.30 Å². The molecule has 5 atom stereocenters. The zero-order valence-corrected chi connectivity index (χ0v) is 25.5. The van der Waals surface area contributed by atoms with Crippen molar-refractivity contribution in [1.29, 1.82) is 0 Å². The fourth-order valence-corrected chi connectivity index (χ4v) is 8.49. The van der Waals surface area contributed by atoms with Gasteiger partial charge < -0.3 is 28.8 Å². The van der Waals surface area contributed by atoms with E-state index in [1.807, 2.05) is 60.7 Å². The first kappa shape index (κ1) is 32.6. The van der Waals surface area contributed by atoms with Crippen LogP contribution in [0.3, 0.4) is 0 Å². The summed E-state index contributed by atoms with van der Waals surface area (Å²) < 4.78 is 35.4. The number of carbonyl (C=O) groups excluding carboxylic acids is 4. The monoisotopic (exact) mass is 625 g/mol. The van der Waals surface area contributed by atoms with Crippen LogP contribution < -0.4 is 15.9 Å². The van der Waals surface area contributed by atoms with Crippen LogP contribution in [0.4, 0.5) is 0 Å². The number of carbonyl (C=O) groups is 4. The minimum Gasteiger partial charge on any atom is -0.508 e. The molecule has 0 unspecified atom stereocenters. The largest absolute Gasteiger partial charge is 0.508 e. The SMILES string of the molecule is CC(=O)OC[C@H]1O[C@H](O[P+](c2ccccc2)(c2ccccc2)c2ccc(O)cc2)[C@H](OC(C)=O)[C@@H](OC(C)=O)[C@@H]1OC(C)=O. The van der Waals surface area contributed by atoms with Gasteiger partial charge in [0.15, 0.2) is 18.3 Å². The highest BCUT2D eigenvalue weighted by atomic mass is 31.2. The number of rotatable bonds is 10. The standard InChI is InChI=1S/C32H33O11P/c1-20(33)38-19-28-29(39-21(2)34)30(40-22(3)35)31(41-23(4)36)32(42-28)43-44(25-11-7-5-8-12-25,26-13-9-6-10-14-26)27-17-15-24(37)16-18-27/h5-18,28-32H,19H2,1-4H3/p+1/t28-,29-,30+,31-,32-/m1/s1. The molecule has 0 spiro atoms. The van der Waals surface area contributed by atoms with E-state index in [1.165, 1.54) is 26.0 Å². The molecule has 11 nitrogen and oxygen atoms in total. The third-order valence-electron chi connectivity index (χ3n) is 6.66. The zero-order valence-electron chi connectivity index (χ0n) is 24.7. The maximum atomic E-state index is 12.5. The Balaban J connectivity index is 1.95. The van der Waals surface area contributed by atoms with Gasteiger partial charge in [0.1, 0.15) is 34.4 Å². The summed E-state index contributed by atoms with van der Waals surface area (Å²) in [4.78, 5) is 48.8. The predicted molar refractivity (Wildman–Crippen MR) is 160 cm³/mol. The minimum atomic E-state index is -3.18. The van der Waals surface area contributed by atoms with Crippen molar-refractivity contribution in [3.63, 3.8) is 0 Å². The molecule has 0 aromatic heterocycles. The molecule has 0 amide bonds. The summed E-state index contributed by atoms with van der Waals surface area (Å²) in [5, 5.41) is 12.3. The van der Waals surface area contributed by atoms with Gasteiger partial charge in [0.25, 0.3) is 0 Å². The number of aromatic hydroxyl groups is 1. The van der Waals surface area contributed by atoms with Crippen LogP contribution in [0.15, 0.2) is 84.9 Å². The highest BCUT2D eigenvalue weighted by molar-refractivity contribution is 7.91. The molecule has 1 saturated heterocycles. The maximum Gasteiger partial charge on any atom is 0.303 e. The van der Waals surface area contributed by atoms with Gasteiger partial charge in [-0.3, -0.25) is 19.2 Å². The number of benzene rings is 3. The van der Waals surface area contributed by atoms with Crippen molar-refractivity contribution in [3.8, 4) is 5.75 Å². The summed E-state index contributed by atoms with van der Waals surface area (Å²) in [6.45, 7) is 4.30. The molecule has 0 saturated carbocycles. The molecule has 1 aliphatic rings. The molecule has 232 valence electrons. The Morgan fingerprint density at radius 1 is 0.636 bits per heavy atom. The van der Waals surface area contributed by atoms with Crippen molar-refractivity contribution in [2.45, 2.75) is 58.4 Å². The molecule has 44 heavy (non-hydrogen) atoms. The average Bonchev–Trinajstić information content (AvgIpc) is 2.98. The van der Waals surface area contributed by atoms with Crippen molar-refractivity contribution in [3.05, 3.63) is 84.9 Å². The van der Waals surface area contributed by atoms with E-state index in [9.17, 15) is 24.3 Å². The van der Waals surface area contributed by atoms with Crippen molar-refractivity contribution in [2.75, 3.05) is 6.61 Å². The van der Waals surface area contributed by atoms with E-state index < -0.39 is 62.1 Å². The number of ether oxygens (including phenoxy) is 5. The molecular weight excluding hydrogens is 591 g/mol. The average molecular weight is 626 g/mol. The van der Waals surface area contributed by atoms with Crippen LogP contribution >= 0.6 is 7.49 Å². The van der Waals surface area contributed by atoms with Gasteiger partial charge in [-0.05, 0) is 48.5 Å². The Labute approximate surface area is 255 Å². The molecule has 3 aromatic rings. The molecule has 1 fully saturated rings. The van der Waals surface area contributed by atoms with E-state index in [-0.39, 0.29) is 12.4 Å². The highest BCUT2D eigenvalue weighted by Gasteiger charge is 2.59.